The summed E-state index contributed by atoms with van der Waals surface area (Å²) < 4.78 is 0. The summed E-state index contributed by atoms with van der Waals surface area (Å²) in [7, 11) is 3.87. The Morgan fingerprint density at radius 2 is 1.68 bits per heavy atom. The van der Waals surface area contributed by atoms with Crippen molar-refractivity contribution in [3.05, 3.63) is 77.1 Å². The number of nitrogens with one attached hydrogen (secondary N) is 1. The molecule has 3 aromatic rings. The van der Waals surface area contributed by atoms with Crippen LogP contribution in [0.5, 0.6) is 0 Å². The first-order valence-electron chi connectivity index (χ1n) is 9.33. The Morgan fingerprint density at radius 1 is 1.00 bits per heavy atom. The number of anilines is 1. The molecule has 0 aliphatic rings. The molecule has 0 aliphatic carbocycles. The van der Waals surface area contributed by atoms with Crippen molar-refractivity contribution in [1.29, 1.82) is 0 Å². The third-order valence-electron chi connectivity index (χ3n) is 4.76. The van der Waals surface area contributed by atoms with Crippen molar-refractivity contribution in [3.63, 3.8) is 0 Å². The van der Waals surface area contributed by atoms with E-state index >= 15 is 0 Å². The smallest absolute Gasteiger partial charge is 0.251 e. The van der Waals surface area contributed by atoms with Gasteiger partial charge in [0.15, 0.2) is 5.82 Å². The van der Waals surface area contributed by atoms with Crippen molar-refractivity contribution in [1.82, 2.24) is 15.3 Å². The quantitative estimate of drug-likeness (QED) is 0.723. The fourth-order valence-corrected chi connectivity index (χ4v) is 3.31. The molecule has 0 bridgehead atoms. The molecule has 0 aliphatic heterocycles. The summed E-state index contributed by atoms with van der Waals surface area (Å²) >= 11 is 0. The van der Waals surface area contributed by atoms with Gasteiger partial charge >= 0.3 is 0 Å². The van der Waals surface area contributed by atoms with Gasteiger partial charge < -0.3 is 10.2 Å². The van der Waals surface area contributed by atoms with Gasteiger partial charge in [-0.2, -0.15) is 0 Å². The van der Waals surface area contributed by atoms with E-state index in [1.165, 1.54) is 11.1 Å². The van der Waals surface area contributed by atoms with Crippen LogP contribution in [0.1, 0.15) is 40.0 Å². The lowest BCUT2D eigenvalue weighted by Crippen LogP contribution is -2.27. The third-order valence-corrected chi connectivity index (χ3v) is 4.76. The van der Waals surface area contributed by atoms with Gasteiger partial charge in [0.1, 0.15) is 5.69 Å². The van der Waals surface area contributed by atoms with Crippen LogP contribution < -0.4 is 10.2 Å². The molecule has 0 saturated heterocycles. The minimum absolute atomic E-state index is 0.0619. The number of aromatic nitrogens is 2. The Kier molecular flexibility index (Phi) is 5.73. The summed E-state index contributed by atoms with van der Waals surface area (Å²) in [6.07, 6.45) is 3.35. The molecular weight excluding hydrogens is 348 g/mol. The van der Waals surface area contributed by atoms with Gasteiger partial charge in [-0.3, -0.25) is 9.78 Å². The maximum absolute atomic E-state index is 12.7. The van der Waals surface area contributed by atoms with Crippen LogP contribution in [0.25, 0.3) is 11.3 Å². The highest BCUT2D eigenvalue weighted by atomic mass is 16.1. The summed E-state index contributed by atoms with van der Waals surface area (Å²) in [4.78, 5) is 23.4. The van der Waals surface area contributed by atoms with E-state index in [0.29, 0.717) is 5.56 Å². The molecule has 3 rings (SSSR count). The monoisotopic (exact) mass is 374 g/mol. The van der Waals surface area contributed by atoms with E-state index in [1.54, 1.807) is 12.4 Å². The average Bonchev–Trinajstić information content (AvgIpc) is 2.68. The van der Waals surface area contributed by atoms with Crippen LogP contribution in [0.3, 0.4) is 0 Å². The lowest BCUT2D eigenvalue weighted by atomic mass is 10.00. The van der Waals surface area contributed by atoms with E-state index in [4.69, 9.17) is 0 Å². The average molecular weight is 374 g/mol. The van der Waals surface area contributed by atoms with Crippen molar-refractivity contribution < 1.29 is 4.79 Å². The number of carbonyl (C=O) groups is 1. The highest BCUT2D eigenvalue weighted by Crippen LogP contribution is 2.25. The lowest BCUT2D eigenvalue weighted by molar-refractivity contribution is 0.0940. The summed E-state index contributed by atoms with van der Waals surface area (Å²) in [5.74, 6) is 0.703. The zero-order chi connectivity index (χ0) is 20.3. The molecule has 2 aromatic carbocycles. The number of hydrogen-bond acceptors (Lipinski definition) is 4. The fraction of sp³-hybridized carbons (Fsp3) is 0.261. The first kappa shape index (κ1) is 19.5. The van der Waals surface area contributed by atoms with Crippen LogP contribution in [0, 0.1) is 13.8 Å². The van der Waals surface area contributed by atoms with Crippen molar-refractivity contribution in [3.8, 4) is 11.3 Å². The maximum Gasteiger partial charge on any atom is 0.251 e. The topological polar surface area (TPSA) is 58.1 Å². The van der Waals surface area contributed by atoms with Gasteiger partial charge in [-0.25, -0.2) is 4.98 Å². The van der Waals surface area contributed by atoms with E-state index in [2.05, 4.69) is 47.3 Å². The number of amides is 1. The Labute approximate surface area is 166 Å². The van der Waals surface area contributed by atoms with Crippen LogP contribution in [-0.4, -0.2) is 30.0 Å². The summed E-state index contributed by atoms with van der Waals surface area (Å²) in [5.41, 5.74) is 5.87. The number of hydrogen-bond donors (Lipinski definition) is 1. The largest absolute Gasteiger partial charge is 0.361 e. The second-order valence-electron chi connectivity index (χ2n) is 7.26. The SMILES string of the molecule is Cc1ccc([C@@H](C)NC(=O)c2ccc(-c3nccnc3N(C)C)cc2)c(C)c1. The minimum Gasteiger partial charge on any atom is -0.361 e. The van der Waals surface area contributed by atoms with Crippen molar-refractivity contribution in [2.45, 2.75) is 26.8 Å². The van der Waals surface area contributed by atoms with Gasteiger partial charge in [0, 0.05) is 37.6 Å². The highest BCUT2D eigenvalue weighted by molar-refractivity contribution is 5.95. The summed E-state index contributed by atoms with van der Waals surface area (Å²) in [5, 5.41) is 3.09. The number of carbonyl (C=O) groups excluding carboxylic acids is 1. The standard InChI is InChI=1S/C23H26N4O/c1-15-6-11-20(16(2)14-15)17(3)26-23(28)19-9-7-18(8-10-19)21-22(27(4)5)25-13-12-24-21/h6-14,17H,1-5H3,(H,26,28)/t17-/m1/s1. The van der Waals surface area contributed by atoms with E-state index < -0.39 is 0 Å². The highest BCUT2D eigenvalue weighted by Gasteiger charge is 2.15. The molecule has 1 aromatic heterocycles. The Morgan fingerprint density at radius 3 is 2.32 bits per heavy atom. The van der Waals surface area contributed by atoms with Crippen LogP contribution in [-0.2, 0) is 0 Å². The molecule has 144 valence electrons. The van der Waals surface area contributed by atoms with Crippen LogP contribution in [0.4, 0.5) is 5.82 Å². The van der Waals surface area contributed by atoms with Crippen LogP contribution in [0.15, 0.2) is 54.9 Å². The van der Waals surface area contributed by atoms with Crippen LogP contribution in [0.2, 0.25) is 0 Å². The molecule has 5 heteroatoms. The number of aryl methyl sites for hydroxylation is 2. The van der Waals surface area contributed by atoms with E-state index in [-0.39, 0.29) is 11.9 Å². The molecule has 0 radical (unpaired) electrons. The zero-order valence-corrected chi connectivity index (χ0v) is 17.0. The number of benzene rings is 2. The predicted octanol–water partition coefficient (Wildman–Crippen LogP) is 4.32. The van der Waals surface area contributed by atoms with Gasteiger partial charge in [0.2, 0.25) is 0 Å². The Balaban J connectivity index is 1.77. The van der Waals surface area contributed by atoms with Crippen molar-refractivity contribution >= 4 is 11.7 Å². The lowest BCUT2D eigenvalue weighted by Gasteiger charge is -2.17. The van der Waals surface area contributed by atoms with E-state index in [9.17, 15) is 4.79 Å². The molecule has 1 N–H and O–H groups in total. The maximum atomic E-state index is 12.7. The molecule has 1 atom stereocenters. The Hall–Kier alpha value is -3.21. The summed E-state index contributed by atoms with van der Waals surface area (Å²) in [6.45, 7) is 6.15. The van der Waals surface area contributed by atoms with Gasteiger partial charge in [0.05, 0.1) is 6.04 Å². The number of rotatable bonds is 5. The van der Waals surface area contributed by atoms with Crippen LogP contribution >= 0.6 is 0 Å². The van der Waals surface area contributed by atoms with Gasteiger partial charge in [-0.1, -0.05) is 35.9 Å². The van der Waals surface area contributed by atoms with E-state index in [1.807, 2.05) is 50.2 Å². The van der Waals surface area contributed by atoms with E-state index in [0.717, 1.165) is 22.6 Å². The predicted molar refractivity (Wildman–Crippen MR) is 114 cm³/mol. The van der Waals surface area contributed by atoms with Gasteiger partial charge in [-0.05, 0) is 44.0 Å². The second-order valence-corrected chi connectivity index (χ2v) is 7.26. The second kappa shape index (κ2) is 8.21. The van der Waals surface area contributed by atoms with Gasteiger partial charge in [-0.15, -0.1) is 0 Å². The zero-order valence-electron chi connectivity index (χ0n) is 17.0. The Bertz CT molecular complexity index is 980. The molecule has 0 spiro atoms. The first-order chi connectivity index (χ1) is 13.4. The molecular formula is C23H26N4O. The molecule has 0 fully saturated rings. The summed E-state index contributed by atoms with van der Waals surface area (Å²) in [6, 6.07) is 13.7. The first-order valence-corrected chi connectivity index (χ1v) is 9.33. The van der Waals surface area contributed by atoms with Crippen molar-refractivity contribution in [2.75, 3.05) is 19.0 Å². The minimum atomic E-state index is -0.0917. The number of nitrogens with zero attached hydrogens (tertiary/aromatic N) is 3. The molecule has 1 amide bonds. The normalized spacial score (nSPS) is 11.8. The van der Waals surface area contributed by atoms with Gasteiger partial charge in [0.25, 0.3) is 5.91 Å². The van der Waals surface area contributed by atoms with Crippen molar-refractivity contribution in [2.24, 2.45) is 0 Å². The molecule has 0 unspecified atom stereocenters. The molecule has 0 saturated carbocycles. The fourth-order valence-electron chi connectivity index (χ4n) is 3.31. The third kappa shape index (κ3) is 4.19. The molecule has 28 heavy (non-hydrogen) atoms. The molecule has 1 heterocycles. The molecule has 5 nitrogen and oxygen atoms in total.